The molecule has 2 atom stereocenters. The first-order chi connectivity index (χ1) is 7.83. The summed E-state index contributed by atoms with van der Waals surface area (Å²) in [5, 5.41) is 2.98. The summed E-state index contributed by atoms with van der Waals surface area (Å²) in [5.74, 6) is 0.973. The Morgan fingerprint density at radius 2 is 2.18 bits per heavy atom. The van der Waals surface area contributed by atoms with Crippen molar-refractivity contribution in [3.05, 3.63) is 0 Å². The molecule has 0 saturated carbocycles. The number of carbonyl (C=O) groups is 1. The molecule has 98 valence electrons. The number of sulfone groups is 1. The van der Waals surface area contributed by atoms with Crippen molar-refractivity contribution in [3.63, 3.8) is 0 Å². The van der Waals surface area contributed by atoms with Gasteiger partial charge in [0.1, 0.15) is 0 Å². The maximum Gasteiger partial charge on any atom is 0.220 e. The molecule has 2 unspecified atom stereocenters. The van der Waals surface area contributed by atoms with Gasteiger partial charge in [0.2, 0.25) is 5.91 Å². The summed E-state index contributed by atoms with van der Waals surface area (Å²) in [5.41, 5.74) is -0.321. The summed E-state index contributed by atoms with van der Waals surface area (Å²) >= 11 is 0. The molecule has 2 saturated heterocycles. The minimum absolute atomic E-state index is 0.0211. The number of carbonyl (C=O) groups excluding carboxylic acids is 1. The van der Waals surface area contributed by atoms with E-state index in [-0.39, 0.29) is 28.9 Å². The van der Waals surface area contributed by atoms with Gasteiger partial charge < -0.3 is 5.32 Å². The molecule has 2 aliphatic rings. The van der Waals surface area contributed by atoms with E-state index in [2.05, 4.69) is 19.2 Å². The zero-order valence-electron chi connectivity index (χ0n) is 10.5. The first kappa shape index (κ1) is 12.9. The molecule has 1 N–H and O–H groups in total. The Morgan fingerprint density at radius 3 is 2.76 bits per heavy atom. The fraction of sp³-hybridized carbons (Fsp3) is 0.917. The second kappa shape index (κ2) is 4.26. The predicted octanol–water partition coefficient (Wildman–Crippen LogP) is 1.12. The van der Waals surface area contributed by atoms with Gasteiger partial charge in [0.15, 0.2) is 9.84 Å². The van der Waals surface area contributed by atoms with Crippen LogP contribution in [0.1, 0.15) is 39.5 Å². The van der Waals surface area contributed by atoms with Crippen molar-refractivity contribution in [2.45, 2.75) is 45.6 Å². The van der Waals surface area contributed by atoms with Crippen LogP contribution in [0.15, 0.2) is 0 Å². The standard InChI is InChI=1S/C12H21NO3S/c1-9(2)6-10-12(7-11(14)13-10)4-3-5-17(15,16)8-12/h9-10H,3-8H2,1-2H3,(H,13,14). The van der Waals surface area contributed by atoms with Gasteiger partial charge in [-0.15, -0.1) is 0 Å². The van der Waals surface area contributed by atoms with Crippen LogP contribution in [0.3, 0.4) is 0 Å². The Kier molecular flexibility index (Phi) is 3.23. The molecule has 0 aliphatic carbocycles. The molecular weight excluding hydrogens is 238 g/mol. The molecule has 0 aromatic rings. The number of hydrogen-bond acceptors (Lipinski definition) is 3. The summed E-state index contributed by atoms with van der Waals surface area (Å²) in [6, 6.07) is 0.0464. The van der Waals surface area contributed by atoms with E-state index in [9.17, 15) is 13.2 Å². The van der Waals surface area contributed by atoms with Crippen molar-refractivity contribution >= 4 is 15.7 Å². The van der Waals surface area contributed by atoms with Crippen molar-refractivity contribution in [2.24, 2.45) is 11.3 Å². The highest BCUT2D eigenvalue weighted by atomic mass is 32.2. The van der Waals surface area contributed by atoms with Gasteiger partial charge >= 0.3 is 0 Å². The summed E-state index contributed by atoms with van der Waals surface area (Å²) < 4.78 is 23.6. The van der Waals surface area contributed by atoms with Gasteiger partial charge in [-0.3, -0.25) is 4.79 Å². The SMILES string of the molecule is CC(C)CC1NC(=O)CC12CCCS(=O)(=O)C2. The monoisotopic (exact) mass is 259 g/mol. The number of hydrogen-bond donors (Lipinski definition) is 1. The number of nitrogens with one attached hydrogen (secondary N) is 1. The van der Waals surface area contributed by atoms with Crippen molar-refractivity contribution in [1.29, 1.82) is 0 Å². The lowest BCUT2D eigenvalue weighted by Crippen LogP contribution is -2.45. The third-order valence-corrected chi connectivity index (χ3v) is 5.86. The van der Waals surface area contributed by atoms with Gasteiger partial charge in [-0.05, 0) is 25.2 Å². The van der Waals surface area contributed by atoms with Gasteiger partial charge in [0, 0.05) is 17.9 Å². The van der Waals surface area contributed by atoms with E-state index in [1.54, 1.807) is 0 Å². The highest BCUT2D eigenvalue weighted by Gasteiger charge is 2.50. The van der Waals surface area contributed by atoms with E-state index in [1.807, 2.05) is 0 Å². The molecular formula is C12H21NO3S. The van der Waals surface area contributed by atoms with Crippen molar-refractivity contribution in [3.8, 4) is 0 Å². The smallest absolute Gasteiger partial charge is 0.220 e. The lowest BCUT2D eigenvalue weighted by atomic mass is 9.75. The summed E-state index contributed by atoms with van der Waals surface area (Å²) in [4.78, 5) is 11.6. The van der Waals surface area contributed by atoms with Crippen LogP contribution in [0.2, 0.25) is 0 Å². The van der Waals surface area contributed by atoms with Crippen molar-refractivity contribution in [1.82, 2.24) is 5.32 Å². The van der Waals surface area contributed by atoms with Crippen LogP contribution < -0.4 is 5.32 Å². The molecule has 5 heteroatoms. The zero-order valence-corrected chi connectivity index (χ0v) is 11.3. The molecule has 4 nitrogen and oxygen atoms in total. The van der Waals surface area contributed by atoms with Gasteiger partial charge in [-0.2, -0.15) is 0 Å². The van der Waals surface area contributed by atoms with Crippen LogP contribution >= 0.6 is 0 Å². The molecule has 17 heavy (non-hydrogen) atoms. The molecule has 0 aromatic carbocycles. The molecule has 2 heterocycles. The Labute approximate surface area is 103 Å². The van der Waals surface area contributed by atoms with Crippen LogP contribution in [0.5, 0.6) is 0 Å². The van der Waals surface area contributed by atoms with Crippen molar-refractivity contribution in [2.75, 3.05) is 11.5 Å². The van der Waals surface area contributed by atoms with E-state index in [0.29, 0.717) is 18.8 Å². The average Bonchev–Trinajstić information content (AvgIpc) is 2.39. The van der Waals surface area contributed by atoms with E-state index < -0.39 is 9.84 Å². The second-order valence-electron chi connectivity index (χ2n) is 5.98. The van der Waals surface area contributed by atoms with E-state index >= 15 is 0 Å². The van der Waals surface area contributed by atoms with E-state index in [1.165, 1.54) is 0 Å². The minimum Gasteiger partial charge on any atom is -0.353 e. The third kappa shape index (κ3) is 2.64. The lowest BCUT2D eigenvalue weighted by molar-refractivity contribution is -0.119. The van der Waals surface area contributed by atoms with Crippen LogP contribution in [0, 0.1) is 11.3 Å². The van der Waals surface area contributed by atoms with Crippen LogP contribution in [-0.4, -0.2) is 31.9 Å². The third-order valence-electron chi connectivity index (χ3n) is 3.93. The number of amides is 1. The van der Waals surface area contributed by atoms with Crippen molar-refractivity contribution < 1.29 is 13.2 Å². The fourth-order valence-corrected chi connectivity index (χ4v) is 5.31. The fourth-order valence-electron chi connectivity index (χ4n) is 3.26. The first-order valence-electron chi connectivity index (χ1n) is 6.33. The van der Waals surface area contributed by atoms with Crippen LogP contribution in [0.25, 0.3) is 0 Å². The molecule has 1 spiro atoms. The summed E-state index contributed by atoms with van der Waals surface area (Å²) in [7, 11) is -2.96. The molecule has 2 aliphatic heterocycles. The average molecular weight is 259 g/mol. The Bertz CT molecular complexity index is 415. The zero-order chi connectivity index (χ0) is 12.7. The highest BCUT2D eigenvalue weighted by Crippen LogP contribution is 2.43. The molecule has 0 aromatic heterocycles. The molecule has 2 rings (SSSR count). The molecule has 1 amide bonds. The highest BCUT2D eigenvalue weighted by molar-refractivity contribution is 7.91. The number of rotatable bonds is 2. The normalized spacial score (nSPS) is 36.4. The Hall–Kier alpha value is -0.580. The maximum absolute atomic E-state index is 11.8. The van der Waals surface area contributed by atoms with Gasteiger partial charge in [-0.25, -0.2) is 8.42 Å². The molecule has 0 bridgehead atoms. The van der Waals surface area contributed by atoms with Gasteiger partial charge in [0.25, 0.3) is 0 Å². The molecule has 2 fully saturated rings. The lowest BCUT2D eigenvalue weighted by Gasteiger charge is -2.37. The minimum atomic E-state index is -2.96. The van der Waals surface area contributed by atoms with Crippen LogP contribution in [-0.2, 0) is 14.6 Å². The second-order valence-corrected chi connectivity index (χ2v) is 8.17. The first-order valence-corrected chi connectivity index (χ1v) is 8.15. The quantitative estimate of drug-likeness (QED) is 0.808. The topological polar surface area (TPSA) is 63.2 Å². The molecule has 0 radical (unpaired) electrons. The van der Waals surface area contributed by atoms with Crippen LogP contribution in [0.4, 0.5) is 0 Å². The van der Waals surface area contributed by atoms with Gasteiger partial charge in [-0.1, -0.05) is 13.8 Å². The largest absolute Gasteiger partial charge is 0.353 e. The summed E-state index contributed by atoms with van der Waals surface area (Å²) in [6.45, 7) is 4.21. The summed E-state index contributed by atoms with van der Waals surface area (Å²) in [6.07, 6.45) is 2.83. The Balaban J connectivity index is 2.23. The maximum atomic E-state index is 11.8. The predicted molar refractivity (Wildman–Crippen MR) is 66.3 cm³/mol. The van der Waals surface area contributed by atoms with E-state index in [4.69, 9.17) is 0 Å². The van der Waals surface area contributed by atoms with E-state index in [0.717, 1.165) is 12.8 Å². The Morgan fingerprint density at radius 1 is 1.47 bits per heavy atom. The van der Waals surface area contributed by atoms with Gasteiger partial charge in [0.05, 0.1) is 11.5 Å².